The molecule has 0 spiro atoms. The molecule has 12 heavy (non-hydrogen) atoms. The van der Waals surface area contributed by atoms with Crippen LogP contribution >= 0.6 is 11.3 Å². The summed E-state index contributed by atoms with van der Waals surface area (Å²) >= 11 is 1.28. The van der Waals surface area contributed by atoms with Gasteiger partial charge in [0.1, 0.15) is 0 Å². The molecule has 0 amide bonds. The smallest absolute Gasteiger partial charge is 0.341 e. The second kappa shape index (κ2) is 3.82. The molecule has 1 aromatic heterocycles. The van der Waals surface area contributed by atoms with E-state index in [1.807, 2.05) is 0 Å². The van der Waals surface area contributed by atoms with Gasteiger partial charge in [-0.25, -0.2) is 4.79 Å². The Kier molecular flexibility index (Phi) is 2.76. The van der Waals surface area contributed by atoms with Gasteiger partial charge in [-0.05, 0) is 11.4 Å². The Morgan fingerprint density at radius 1 is 1.75 bits per heavy atom. The van der Waals surface area contributed by atoms with Gasteiger partial charge in [-0.1, -0.05) is 5.22 Å². The molecule has 0 aliphatic heterocycles. The summed E-state index contributed by atoms with van der Waals surface area (Å²) in [4.78, 5) is 11.0. The highest BCUT2D eigenvalue weighted by Crippen LogP contribution is 2.26. The molecule has 2 N–H and O–H groups in total. The van der Waals surface area contributed by atoms with Crippen molar-refractivity contribution >= 4 is 22.3 Å². The maximum Gasteiger partial charge on any atom is 0.341 e. The number of esters is 1. The molecule has 6 heteroatoms. The van der Waals surface area contributed by atoms with Gasteiger partial charge < -0.3 is 10.6 Å². The normalized spacial score (nSPS) is 10.4. The molecular formula is C6H7N3O2S. The highest BCUT2D eigenvalue weighted by Gasteiger charge is 2.12. The first-order valence-corrected chi connectivity index (χ1v) is 3.94. The fraction of sp³-hybridized carbons (Fsp3) is 0.167. The van der Waals surface area contributed by atoms with Crippen LogP contribution < -0.4 is 5.84 Å². The number of ether oxygens (including phenoxy) is 1. The Bertz CT molecular complexity index is 307. The van der Waals surface area contributed by atoms with Crippen molar-refractivity contribution in [2.45, 2.75) is 0 Å². The highest BCUT2D eigenvalue weighted by atomic mass is 32.1. The first kappa shape index (κ1) is 8.66. The van der Waals surface area contributed by atoms with Crippen LogP contribution in [0.5, 0.6) is 0 Å². The number of hydrogen-bond acceptors (Lipinski definition) is 5. The Labute approximate surface area is 72.8 Å². The van der Waals surface area contributed by atoms with Gasteiger partial charge in [-0.2, -0.15) is 0 Å². The Morgan fingerprint density at radius 3 is 3.08 bits per heavy atom. The lowest BCUT2D eigenvalue weighted by atomic mass is 10.3. The summed E-state index contributed by atoms with van der Waals surface area (Å²) in [6.45, 7) is 0. The minimum Gasteiger partial charge on any atom is -0.465 e. The number of nitrogens with two attached hydrogens (primary N) is 1. The van der Waals surface area contributed by atoms with Crippen molar-refractivity contribution in [2.24, 2.45) is 16.2 Å². The van der Waals surface area contributed by atoms with Crippen LogP contribution in [0, 0.1) is 0 Å². The van der Waals surface area contributed by atoms with Gasteiger partial charge >= 0.3 is 5.97 Å². The van der Waals surface area contributed by atoms with E-state index < -0.39 is 5.97 Å². The molecule has 0 atom stereocenters. The number of carbonyl (C=O) groups is 1. The number of hydrogen-bond donors (Lipinski definition) is 1. The Morgan fingerprint density at radius 2 is 2.50 bits per heavy atom. The van der Waals surface area contributed by atoms with Crippen molar-refractivity contribution in [3.63, 3.8) is 0 Å². The zero-order valence-electron chi connectivity index (χ0n) is 6.35. The van der Waals surface area contributed by atoms with E-state index in [9.17, 15) is 4.79 Å². The summed E-state index contributed by atoms with van der Waals surface area (Å²) in [5.41, 5.74) is 0.386. The molecule has 0 saturated heterocycles. The van der Waals surface area contributed by atoms with Crippen molar-refractivity contribution in [3.8, 4) is 0 Å². The van der Waals surface area contributed by atoms with E-state index in [1.165, 1.54) is 18.4 Å². The largest absolute Gasteiger partial charge is 0.465 e. The van der Waals surface area contributed by atoms with Crippen LogP contribution in [-0.4, -0.2) is 13.1 Å². The van der Waals surface area contributed by atoms with Crippen LogP contribution in [0.25, 0.3) is 0 Å². The molecule has 0 fully saturated rings. The average Bonchev–Trinajstić information content (AvgIpc) is 2.52. The second-order valence-corrected chi connectivity index (χ2v) is 2.74. The molecule has 1 aromatic rings. The lowest BCUT2D eigenvalue weighted by Crippen LogP contribution is -1.98. The molecule has 64 valence electrons. The third-order valence-corrected chi connectivity index (χ3v) is 2.00. The van der Waals surface area contributed by atoms with Gasteiger partial charge in [0.05, 0.1) is 12.7 Å². The minimum atomic E-state index is -0.432. The lowest BCUT2D eigenvalue weighted by molar-refractivity contribution is 0.0602. The van der Waals surface area contributed by atoms with Crippen molar-refractivity contribution in [3.05, 3.63) is 17.0 Å². The predicted octanol–water partition coefficient (Wildman–Crippen LogP) is 1.49. The summed E-state index contributed by atoms with van der Waals surface area (Å²) in [6, 6.07) is 1.61. The average molecular weight is 185 g/mol. The molecule has 0 radical (unpaired) electrons. The van der Waals surface area contributed by atoms with E-state index in [-0.39, 0.29) is 0 Å². The van der Waals surface area contributed by atoms with Gasteiger partial charge in [0.15, 0.2) is 5.00 Å². The first-order valence-electron chi connectivity index (χ1n) is 3.06. The summed E-state index contributed by atoms with van der Waals surface area (Å²) in [7, 11) is 1.31. The number of thiophene rings is 1. The first-order chi connectivity index (χ1) is 5.79. The Balaban J connectivity index is 2.98. The maximum atomic E-state index is 11.0. The van der Waals surface area contributed by atoms with Crippen LogP contribution in [0.2, 0.25) is 0 Å². The number of carbonyl (C=O) groups excluding carboxylic acids is 1. The second-order valence-electron chi connectivity index (χ2n) is 1.85. The van der Waals surface area contributed by atoms with Crippen molar-refractivity contribution in [1.29, 1.82) is 0 Å². The van der Waals surface area contributed by atoms with Gasteiger partial charge in [-0.15, -0.1) is 16.5 Å². The molecule has 0 unspecified atom stereocenters. The standard InChI is InChI=1S/C6H7N3O2S/c1-11-6(10)4-2-3-12-5(4)8-9-7/h2-3H,1H3,(H2,7,8). The number of nitrogens with zero attached hydrogens (tertiary/aromatic N) is 2. The van der Waals surface area contributed by atoms with E-state index >= 15 is 0 Å². The summed E-state index contributed by atoms with van der Waals surface area (Å²) < 4.78 is 4.51. The van der Waals surface area contributed by atoms with Crippen LogP contribution in [0.15, 0.2) is 21.8 Å². The van der Waals surface area contributed by atoms with Gasteiger partial charge in [0.2, 0.25) is 0 Å². The molecular weight excluding hydrogens is 178 g/mol. The minimum absolute atomic E-state index is 0.386. The summed E-state index contributed by atoms with van der Waals surface area (Å²) in [6.07, 6.45) is 0. The number of rotatable bonds is 2. The van der Waals surface area contributed by atoms with Crippen molar-refractivity contribution < 1.29 is 9.53 Å². The van der Waals surface area contributed by atoms with Crippen LogP contribution in [0.3, 0.4) is 0 Å². The van der Waals surface area contributed by atoms with E-state index in [0.29, 0.717) is 10.6 Å². The monoisotopic (exact) mass is 185 g/mol. The molecule has 0 saturated carbocycles. The SMILES string of the molecule is COC(=O)c1ccsc1N=NN. The summed E-state index contributed by atoms with van der Waals surface area (Å²) in [5, 5.41) is 8.82. The lowest BCUT2D eigenvalue weighted by Gasteiger charge is -1.94. The molecule has 1 rings (SSSR count). The third kappa shape index (κ3) is 1.59. The maximum absolute atomic E-state index is 11.0. The van der Waals surface area contributed by atoms with Crippen molar-refractivity contribution in [1.82, 2.24) is 0 Å². The van der Waals surface area contributed by atoms with Gasteiger partial charge in [-0.3, -0.25) is 0 Å². The molecule has 0 aliphatic rings. The van der Waals surface area contributed by atoms with Crippen LogP contribution in [0.4, 0.5) is 5.00 Å². The molecule has 5 nitrogen and oxygen atoms in total. The van der Waals surface area contributed by atoms with Gasteiger partial charge in [0, 0.05) is 0 Å². The third-order valence-electron chi connectivity index (χ3n) is 1.20. The molecule has 0 aromatic carbocycles. The molecule has 0 bridgehead atoms. The van der Waals surface area contributed by atoms with E-state index in [4.69, 9.17) is 5.84 Å². The fourth-order valence-corrected chi connectivity index (χ4v) is 1.40. The van der Waals surface area contributed by atoms with Gasteiger partial charge in [0.25, 0.3) is 0 Å². The zero-order chi connectivity index (χ0) is 8.97. The van der Waals surface area contributed by atoms with E-state index in [1.54, 1.807) is 11.4 Å². The molecule has 1 heterocycles. The van der Waals surface area contributed by atoms with Crippen molar-refractivity contribution in [2.75, 3.05) is 7.11 Å². The van der Waals surface area contributed by atoms with Crippen LogP contribution in [-0.2, 0) is 4.74 Å². The Hall–Kier alpha value is -1.43. The molecule has 0 aliphatic carbocycles. The van der Waals surface area contributed by atoms with E-state index in [0.717, 1.165) is 0 Å². The summed E-state index contributed by atoms with van der Waals surface area (Å²) in [5.74, 6) is 4.41. The highest BCUT2D eigenvalue weighted by molar-refractivity contribution is 7.14. The quantitative estimate of drug-likeness (QED) is 0.328. The number of methoxy groups -OCH3 is 1. The van der Waals surface area contributed by atoms with E-state index in [2.05, 4.69) is 15.1 Å². The van der Waals surface area contributed by atoms with Crippen LogP contribution in [0.1, 0.15) is 10.4 Å². The fourth-order valence-electron chi connectivity index (χ4n) is 0.696. The predicted molar refractivity (Wildman–Crippen MR) is 44.4 cm³/mol. The topological polar surface area (TPSA) is 77.0 Å². The zero-order valence-corrected chi connectivity index (χ0v) is 7.17.